The average Bonchev–Trinajstić information content (AvgIpc) is 2.14. The molecule has 1 rings (SSSR count). The number of carboxylic acid groups (broad SMARTS) is 1. The average molecular weight is 193 g/mol. The SMILES string of the molecule is Cc1cccc(CC[C@@H](N)C(=O)O)c1. The standard InChI is InChI=1S/C11H15NO2/c1-8-3-2-4-9(7-8)5-6-10(12)11(13)14/h2-4,7,10H,5-6,12H2,1H3,(H,13,14)/t10-/m1/s1. The predicted molar refractivity (Wildman–Crippen MR) is 55.1 cm³/mol. The molecule has 14 heavy (non-hydrogen) atoms. The van der Waals surface area contributed by atoms with Gasteiger partial charge in [0, 0.05) is 0 Å². The Morgan fingerprint density at radius 3 is 2.86 bits per heavy atom. The van der Waals surface area contributed by atoms with E-state index < -0.39 is 12.0 Å². The van der Waals surface area contributed by atoms with Crippen molar-refractivity contribution >= 4 is 5.97 Å². The van der Waals surface area contributed by atoms with Gasteiger partial charge in [-0.05, 0) is 25.3 Å². The van der Waals surface area contributed by atoms with E-state index in [0.29, 0.717) is 6.42 Å². The maximum atomic E-state index is 10.5. The Balaban J connectivity index is 2.49. The Morgan fingerprint density at radius 2 is 2.29 bits per heavy atom. The molecule has 3 N–H and O–H groups in total. The highest BCUT2D eigenvalue weighted by Crippen LogP contribution is 2.07. The van der Waals surface area contributed by atoms with Gasteiger partial charge in [0.15, 0.2) is 0 Å². The fourth-order valence-corrected chi connectivity index (χ4v) is 1.31. The van der Waals surface area contributed by atoms with E-state index in [2.05, 4.69) is 6.07 Å². The van der Waals surface area contributed by atoms with Crippen LogP contribution in [0.3, 0.4) is 0 Å². The Bertz CT molecular complexity index is 323. The molecule has 3 heteroatoms. The van der Waals surface area contributed by atoms with Crippen LogP contribution in [0, 0.1) is 6.92 Å². The van der Waals surface area contributed by atoms with Crippen LogP contribution in [-0.4, -0.2) is 17.1 Å². The first-order chi connectivity index (χ1) is 6.59. The van der Waals surface area contributed by atoms with Crippen LogP contribution in [0.5, 0.6) is 0 Å². The highest BCUT2D eigenvalue weighted by molar-refractivity contribution is 5.73. The summed E-state index contributed by atoms with van der Waals surface area (Å²) < 4.78 is 0. The summed E-state index contributed by atoms with van der Waals surface area (Å²) in [7, 11) is 0. The minimum absolute atomic E-state index is 0.485. The number of nitrogens with two attached hydrogens (primary N) is 1. The monoisotopic (exact) mass is 193 g/mol. The van der Waals surface area contributed by atoms with Gasteiger partial charge in [-0.15, -0.1) is 0 Å². The molecule has 0 saturated heterocycles. The van der Waals surface area contributed by atoms with Crippen molar-refractivity contribution in [2.45, 2.75) is 25.8 Å². The third kappa shape index (κ3) is 3.18. The van der Waals surface area contributed by atoms with Crippen molar-refractivity contribution in [3.63, 3.8) is 0 Å². The molecule has 0 aliphatic carbocycles. The fourth-order valence-electron chi connectivity index (χ4n) is 1.31. The molecule has 76 valence electrons. The lowest BCUT2D eigenvalue weighted by molar-refractivity contribution is -0.138. The second-order valence-corrected chi connectivity index (χ2v) is 3.47. The molecule has 1 atom stereocenters. The summed E-state index contributed by atoms with van der Waals surface area (Å²) in [6.07, 6.45) is 1.20. The maximum absolute atomic E-state index is 10.5. The molecule has 0 amide bonds. The van der Waals surface area contributed by atoms with Crippen LogP contribution < -0.4 is 5.73 Å². The minimum Gasteiger partial charge on any atom is -0.480 e. The van der Waals surface area contributed by atoms with Gasteiger partial charge in [0.1, 0.15) is 6.04 Å². The van der Waals surface area contributed by atoms with Crippen LogP contribution in [0.15, 0.2) is 24.3 Å². The third-order valence-electron chi connectivity index (χ3n) is 2.14. The Morgan fingerprint density at radius 1 is 1.57 bits per heavy atom. The molecular formula is C11H15NO2. The first-order valence-electron chi connectivity index (χ1n) is 4.63. The summed E-state index contributed by atoms with van der Waals surface area (Å²) in [6, 6.07) is 7.27. The van der Waals surface area contributed by atoms with Crippen LogP contribution in [0.25, 0.3) is 0 Å². The normalized spacial score (nSPS) is 12.4. The Labute approximate surface area is 83.6 Å². The number of rotatable bonds is 4. The Hall–Kier alpha value is -1.35. The number of benzene rings is 1. The predicted octanol–water partition coefficient (Wildman–Crippen LogP) is 1.34. The maximum Gasteiger partial charge on any atom is 0.320 e. The number of aryl methyl sites for hydroxylation is 2. The van der Waals surface area contributed by atoms with Crippen LogP contribution >= 0.6 is 0 Å². The number of carbonyl (C=O) groups is 1. The summed E-state index contributed by atoms with van der Waals surface area (Å²) in [5.74, 6) is -0.933. The van der Waals surface area contributed by atoms with Gasteiger partial charge in [-0.3, -0.25) is 4.79 Å². The summed E-state index contributed by atoms with van der Waals surface area (Å²) in [5, 5.41) is 8.59. The molecule has 0 unspecified atom stereocenters. The van der Waals surface area contributed by atoms with Crippen molar-refractivity contribution in [3.05, 3.63) is 35.4 Å². The molecule has 0 aromatic heterocycles. The first-order valence-corrected chi connectivity index (χ1v) is 4.63. The molecule has 0 radical (unpaired) electrons. The zero-order valence-corrected chi connectivity index (χ0v) is 8.23. The molecule has 0 saturated carbocycles. The summed E-state index contributed by atoms with van der Waals surface area (Å²) in [4.78, 5) is 10.5. The van der Waals surface area contributed by atoms with E-state index in [1.165, 1.54) is 5.56 Å². The first kappa shape index (κ1) is 10.7. The van der Waals surface area contributed by atoms with Crippen LogP contribution in [0.4, 0.5) is 0 Å². The summed E-state index contributed by atoms with van der Waals surface area (Å²) >= 11 is 0. The van der Waals surface area contributed by atoms with Crippen molar-refractivity contribution in [2.24, 2.45) is 5.73 Å². The quantitative estimate of drug-likeness (QED) is 0.758. The van der Waals surface area contributed by atoms with Gasteiger partial charge in [-0.2, -0.15) is 0 Å². The van der Waals surface area contributed by atoms with E-state index in [1.807, 2.05) is 25.1 Å². The number of hydrogen-bond acceptors (Lipinski definition) is 2. The van der Waals surface area contributed by atoms with E-state index >= 15 is 0 Å². The molecule has 0 bridgehead atoms. The molecule has 0 heterocycles. The molecule has 0 aliphatic rings. The van der Waals surface area contributed by atoms with Gasteiger partial charge in [0.2, 0.25) is 0 Å². The minimum atomic E-state index is -0.933. The van der Waals surface area contributed by atoms with Crippen LogP contribution in [0.1, 0.15) is 17.5 Å². The fraction of sp³-hybridized carbons (Fsp3) is 0.364. The molecule has 0 spiro atoms. The zero-order chi connectivity index (χ0) is 10.6. The summed E-state index contributed by atoms with van der Waals surface area (Å²) in [6.45, 7) is 2.01. The third-order valence-corrected chi connectivity index (χ3v) is 2.14. The lowest BCUT2D eigenvalue weighted by Gasteiger charge is -2.06. The molecule has 3 nitrogen and oxygen atoms in total. The van der Waals surface area contributed by atoms with Crippen molar-refractivity contribution in [1.82, 2.24) is 0 Å². The lowest BCUT2D eigenvalue weighted by Crippen LogP contribution is -2.30. The molecule has 0 fully saturated rings. The summed E-state index contributed by atoms with van der Waals surface area (Å²) in [5.41, 5.74) is 7.73. The van der Waals surface area contributed by atoms with Gasteiger partial charge in [0.05, 0.1) is 0 Å². The van der Waals surface area contributed by atoms with Gasteiger partial charge in [-0.1, -0.05) is 29.8 Å². The molecular weight excluding hydrogens is 178 g/mol. The highest BCUT2D eigenvalue weighted by atomic mass is 16.4. The van der Waals surface area contributed by atoms with Crippen molar-refractivity contribution in [1.29, 1.82) is 0 Å². The van der Waals surface area contributed by atoms with E-state index in [0.717, 1.165) is 12.0 Å². The topological polar surface area (TPSA) is 63.3 Å². The second-order valence-electron chi connectivity index (χ2n) is 3.47. The van der Waals surface area contributed by atoms with Crippen molar-refractivity contribution in [3.8, 4) is 0 Å². The highest BCUT2D eigenvalue weighted by Gasteiger charge is 2.10. The van der Waals surface area contributed by atoms with Crippen LogP contribution in [-0.2, 0) is 11.2 Å². The van der Waals surface area contributed by atoms with E-state index in [9.17, 15) is 4.79 Å². The number of hydrogen-bond donors (Lipinski definition) is 2. The number of aliphatic carboxylic acids is 1. The van der Waals surface area contributed by atoms with E-state index in [4.69, 9.17) is 10.8 Å². The van der Waals surface area contributed by atoms with Crippen molar-refractivity contribution in [2.75, 3.05) is 0 Å². The van der Waals surface area contributed by atoms with Gasteiger partial charge in [0.25, 0.3) is 0 Å². The second kappa shape index (κ2) is 4.77. The largest absolute Gasteiger partial charge is 0.480 e. The molecule has 1 aromatic rings. The van der Waals surface area contributed by atoms with E-state index in [1.54, 1.807) is 0 Å². The lowest BCUT2D eigenvalue weighted by atomic mass is 10.0. The van der Waals surface area contributed by atoms with Gasteiger partial charge in [-0.25, -0.2) is 0 Å². The van der Waals surface area contributed by atoms with Crippen LogP contribution in [0.2, 0.25) is 0 Å². The Kier molecular flexibility index (Phi) is 3.65. The van der Waals surface area contributed by atoms with Gasteiger partial charge >= 0.3 is 5.97 Å². The van der Waals surface area contributed by atoms with Gasteiger partial charge < -0.3 is 10.8 Å². The smallest absolute Gasteiger partial charge is 0.320 e. The van der Waals surface area contributed by atoms with E-state index in [-0.39, 0.29) is 0 Å². The molecule has 1 aromatic carbocycles. The molecule has 0 aliphatic heterocycles. The number of carboxylic acids is 1. The zero-order valence-electron chi connectivity index (χ0n) is 8.23. The van der Waals surface area contributed by atoms with Crippen molar-refractivity contribution < 1.29 is 9.90 Å².